The van der Waals surface area contributed by atoms with Crippen molar-refractivity contribution in [2.75, 3.05) is 26.0 Å². The molecule has 2 aliphatic rings. The van der Waals surface area contributed by atoms with Crippen molar-refractivity contribution in [3.8, 4) is 11.3 Å². The van der Waals surface area contributed by atoms with Crippen LogP contribution in [-0.2, 0) is 6.42 Å². The minimum Gasteiger partial charge on any atom is -0.384 e. The monoisotopic (exact) mass is 269 g/mol. The van der Waals surface area contributed by atoms with Crippen LogP contribution in [0.4, 0.5) is 5.69 Å². The predicted molar refractivity (Wildman–Crippen MR) is 79.0 cm³/mol. The second kappa shape index (κ2) is 4.35. The van der Waals surface area contributed by atoms with E-state index >= 15 is 0 Å². The molecule has 0 fully saturated rings. The number of likely N-dealkylation sites (N-methyl/N-ethyl adjacent to an activating group) is 1. The number of nitrogens with one attached hydrogen (secondary N) is 1. The second-order valence-electron chi connectivity index (χ2n) is 6.06. The van der Waals surface area contributed by atoms with Gasteiger partial charge in [-0.05, 0) is 50.2 Å². The summed E-state index contributed by atoms with van der Waals surface area (Å²) in [4.78, 5) is 2.35. The van der Waals surface area contributed by atoms with Crippen LogP contribution in [0.5, 0.6) is 0 Å². The zero-order chi connectivity index (χ0) is 13.7. The quantitative estimate of drug-likeness (QED) is 0.910. The van der Waals surface area contributed by atoms with E-state index in [1.165, 1.54) is 28.8 Å². The van der Waals surface area contributed by atoms with Crippen molar-refractivity contribution in [1.82, 2.24) is 10.1 Å². The molecular weight excluding hydrogens is 250 g/mol. The molecule has 0 spiro atoms. The third-order valence-electron chi connectivity index (χ3n) is 4.73. The van der Waals surface area contributed by atoms with E-state index < -0.39 is 0 Å². The van der Waals surface area contributed by atoms with E-state index in [2.05, 4.69) is 41.6 Å². The Bertz CT molecular complexity index is 633. The van der Waals surface area contributed by atoms with Gasteiger partial charge in [0.05, 0.1) is 6.20 Å². The van der Waals surface area contributed by atoms with Crippen LogP contribution in [-0.4, -0.2) is 36.7 Å². The number of nitrogens with zero attached hydrogens (tertiary/aromatic N) is 2. The first kappa shape index (κ1) is 12.0. The Labute approximate surface area is 118 Å². The summed E-state index contributed by atoms with van der Waals surface area (Å²) in [6.07, 6.45) is 4.04. The fourth-order valence-corrected chi connectivity index (χ4v) is 3.67. The summed E-state index contributed by atoms with van der Waals surface area (Å²) in [5.41, 5.74) is 5.48. The van der Waals surface area contributed by atoms with Crippen LogP contribution in [0, 0.1) is 0 Å². The van der Waals surface area contributed by atoms with Gasteiger partial charge in [0.2, 0.25) is 0 Å². The molecule has 0 saturated heterocycles. The van der Waals surface area contributed by atoms with E-state index in [9.17, 15) is 0 Å². The largest absolute Gasteiger partial charge is 0.384 e. The lowest BCUT2D eigenvalue weighted by Gasteiger charge is -2.33. The maximum atomic E-state index is 5.39. The smallest absolute Gasteiger partial charge is 0.167 e. The van der Waals surface area contributed by atoms with E-state index in [0.29, 0.717) is 12.0 Å². The van der Waals surface area contributed by atoms with Gasteiger partial charge in [0, 0.05) is 35.8 Å². The molecule has 0 bridgehead atoms. The summed E-state index contributed by atoms with van der Waals surface area (Å²) >= 11 is 0. The molecule has 1 aliphatic carbocycles. The highest BCUT2D eigenvalue weighted by Gasteiger charge is 2.35. The Morgan fingerprint density at radius 2 is 2.20 bits per heavy atom. The number of hydrogen-bond acceptors (Lipinski definition) is 4. The molecule has 4 nitrogen and oxygen atoms in total. The molecule has 1 aromatic carbocycles. The maximum Gasteiger partial charge on any atom is 0.167 e. The fraction of sp³-hybridized carbons (Fsp3) is 0.438. The highest BCUT2D eigenvalue weighted by molar-refractivity contribution is 5.73. The van der Waals surface area contributed by atoms with Gasteiger partial charge in [-0.3, -0.25) is 0 Å². The van der Waals surface area contributed by atoms with Gasteiger partial charge < -0.3 is 14.7 Å². The highest BCUT2D eigenvalue weighted by atomic mass is 16.5. The van der Waals surface area contributed by atoms with Gasteiger partial charge >= 0.3 is 0 Å². The lowest BCUT2D eigenvalue weighted by atomic mass is 9.78. The van der Waals surface area contributed by atoms with Crippen molar-refractivity contribution in [3.63, 3.8) is 0 Å². The number of rotatable bonds is 2. The van der Waals surface area contributed by atoms with E-state index in [1.807, 2.05) is 6.07 Å². The molecule has 0 radical (unpaired) electrons. The van der Waals surface area contributed by atoms with Gasteiger partial charge in [0.15, 0.2) is 5.76 Å². The third-order valence-corrected chi connectivity index (χ3v) is 4.73. The first-order chi connectivity index (χ1) is 9.74. The van der Waals surface area contributed by atoms with Crippen LogP contribution in [0.1, 0.15) is 23.5 Å². The normalized spacial score (nSPS) is 23.8. The number of anilines is 1. The number of benzene rings is 1. The van der Waals surface area contributed by atoms with E-state index in [4.69, 9.17) is 4.52 Å². The topological polar surface area (TPSA) is 41.3 Å². The van der Waals surface area contributed by atoms with Crippen molar-refractivity contribution in [2.24, 2.45) is 0 Å². The molecule has 1 aliphatic heterocycles. The first-order valence-electron chi connectivity index (χ1n) is 7.21. The summed E-state index contributed by atoms with van der Waals surface area (Å²) in [6.45, 7) is 1.06. The number of hydrogen-bond donors (Lipinski definition) is 1. The Morgan fingerprint density at radius 3 is 2.95 bits per heavy atom. The Balaban J connectivity index is 1.87. The molecule has 2 unspecified atom stereocenters. The van der Waals surface area contributed by atoms with Crippen molar-refractivity contribution < 1.29 is 4.52 Å². The molecule has 2 heterocycles. The van der Waals surface area contributed by atoms with Crippen LogP contribution in [0.25, 0.3) is 11.3 Å². The van der Waals surface area contributed by atoms with Crippen molar-refractivity contribution in [1.29, 1.82) is 0 Å². The highest BCUT2D eigenvalue weighted by Crippen LogP contribution is 2.45. The van der Waals surface area contributed by atoms with Crippen LogP contribution in [0.3, 0.4) is 0 Å². The molecular formula is C16H19N3O. The van der Waals surface area contributed by atoms with E-state index in [-0.39, 0.29) is 0 Å². The van der Waals surface area contributed by atoms with Crippen LogP contribution >= 0.6 is 0 Å². The molecule has 104 valence electrons. The third kappa shape index (κ3) is 1.68. The summed E-state index contributed by atoms with van der Waals surface area (Å²) in [5, 5.41) is 7.41. The Kier molecular flexibility index (Phi) is 2.60. The maximum absolute atomic E-state index is 5.39. The first-order valence-corrected chi connectivity index (χ1v) is 7.21. The molecule has 20 heavy (non-hydrogen) atoms. The number of aromatic nitrogens is 1. The minimum atomic E-state index is 0.601. The molecule has 4 rings (SSSR count). The molecule has 1 N–H and O–H groups in total. The molecule has 0 amide bonds. The standard InChI is InChI=1S/C16H19N3O/c1-19(2)11-7-10-9-17-14-4-3-12(13(8-11)16(10)14)15-5-6-18-20-15/h3-6,10-11,17H,7-9H2,1-2H3. The molecule has 2 atom stereocenters. The van der Waals surface area contributed by atoms with Crippen molar-refractivity contribution >= 4 is 5.69 Å². The van der Waals surface area contributed by atoms with Crippen molar-refractivity contribution in [2.45, 2.75) is 24.8 Å². The second-order valence-corrected chi connectivity index (χ2v) is 6.06. The lowest BCUT2D eigenvalue weighted by Crippen LogP contribution is -2.35. The summed E-state index contributed by atoms with van der Waals surface area (Å²) in [5.74, 6) is 1.51. The molecule has 0 saturated carbocycles. The average molecular weight is 269 g/mol. The summed E-state index contributed by atoms with van der Waals surface area (Å²) in [7, 11) is 4.35. The van der Waals surface area contributed by atoms with Gasteiger partial charge in [-0.1, -0.05) is 5.16 Å². The van der Waals surface area contributed by atoms with Crippen molar-refractivity contribution in [3.05, 3.63) is 35.5 Å². The Hall–Kier alpha value is -1.81. The van der Waals surface area contributed by atoms with E-state index in [1.54, 1.807) is 6.20 Å². The SMILES string of the molecule is CN(C)C1Cc2c(-c3ccno3)ccc3c2C(CN3)C1. The summed E-state index contributed by atoms with van der Waals surface area (Å²) < 4.78 is 5.39. The van der Waals surface area contributed by atoms with E-state index in [0.717, 1.165) is 18.7 Å². The van der Waals surface area contributed by atoms with Crippen LogP contribution < -0.4 is 5.32 Å². The summed E-state index contributed by atoms with van der Waals surface area (Å²) in [6, 6.07) is 6.91. The van der Waals surface area contributed by atoms with Gasteiger partial charge in [-0.15, -0.1) is 0 Å². The van der Waals surface area contributed by atoms with Crippen LogP contribution in [0.2, 0.25) is 0 Å². The van der Waals surface area contributed by atoms with Crippen LogP contribution in [0.15, 0.2) is 28.9 Å². The van der Waals surface area contributed by atoms with Gasteiger partial charge in [0.25, 0.3) is 0 Å². The minimum absolute atomic E-state index is 0.601. The zero-order valence-corrected chi connectivity index (χ0v) is 11.9. The molecule has 4 heteroatoms. The average Bonchev–Trinajstić information content (AvgIpc) is 3.09. The lowest BCUT2D eigenvalue weighted by molar-refractivity contribution is 0.255. The van der Waals surface area contributed by atoms with Gasteiger partial charge in [0.1, 0.15) is 0 Å². The zero-order valence-electron chi connectivity index (χ0n) is 11.9. The van der Waals surface area contributed by atoms with Gasteiger partial charge in [-0.2, -0.15) is 0 Å². The van der Waals surface area contributed by atoms with Gasteiger partial charge in [-0.25, -0.2) is 0 Å². The fourth-order valence-electron chi connectivity index (χ4n) is 3.67. The predicted octanol–water partition coefficient (Wildman–Crippen LogP) is 2.73. The molecule has 2 aromatic rings. The Morgan fingerprint density at radius 1 is 1.30 bits per heavy atom. The molecule has 1 aromatic heterocycles.